The molecule has 0 saturated carbocycles. The largest absolute Gasteiger partial charge is 0.338 e. The van der Waals surface area contributed by atoms with Crippen LogP contribution in [0.3, 0.4) is 0 Å². The van der Waals surface area contributed by atoms with Gasteiger partial charge in [-0.1, -0.05) is 30.3 Å². The number of likely N-dealkylation sites (tertiary alicyclic amines) is 1. The van der Waals surface area contributed by atoms with Crippen LogP contribution in [0, 0.1) is 5.92 Å². The summed E-state index contributed by atoms with van der Waals surface area (Å²) in [5, 5.41) is 0. The zero-order valence-corrected chi connectivity index (χ0v) is 16.6. The fourth-order valence-electron chi connectivity index (χ4n) is 4.72. The smallest absolute Gasteiger partial charge is 0.255 e. The topological polar surface area (TPSA) is 54.3 Å². The normalized spacial score (nSPS) is 21.5. The number of hydrogen-bond donors (Lipinski definition) is 0. The van der Waals surface area contributed by atoms with E-state index in [0.29, 0.717) is 17.7 Å². The minimum atomic E-state index is -0.0237. The van der Waals surface area contributed by atoms with Gasteiger partial charge in [-0.2, -0.15) is 0 Å². The van der Waals surface area contributed by atoms with Crippen molar-refractivity contribution < 1.29 is 0 Å². The second-order valence-electron chi connectivity index (χ2n) is 8.06. The number of hydrogen-bond acceptors (Lipinski definition) is 5. The fourth-order valence-corrected chi connectivity index (χ4v) is 4.72. The molecule has 1 aromatic carbocycles. The van der Waals surface area contributed by atoms with Gasteiger partial charge in [-0.25, -0.2) is 4.98 Å². The molecule has 6 nitrogen and oxygen atoms in total. The van der Waals surface area contributed by atoms with Crippen molar-refractivity contribution in [3.05, 3.63) is 76.8 Å². The molecular weight excluding hydrogens is 362 g/mol. The van der Waals surface area contributed by atoms with Gasteiger partial charge >= 0.3 is 0 Å². The van der Waals surface area contributed by atoms with Crippen molar-refractivity contribution in [1.82, 2.24) is 19.4 Å². The lowest BCUT2D eigenvalue weighted by molar-refractivity contribution is 0.309. The van der Waals surface area contributed by atoms with E-state index in [1.165, 1.54) is 5.56 Å². The highest BCUT2D eigenvalue weighted by Crippen LogP contribution is 2.35. The zero-order valence-electron chi connectivity index (χ0n) is 16.6. The molecule has 2 fully saturated rings. The van der Waals surface area contributed by atoms with Crippen molar-refractivity contribution >= 4 is 5.95 Å². The summed E-state index contributed by atoms with van der Waals surface area (Å²) in [4.78, 5) is 26.5. The number of fused-ring (bicyclic) bond motifs is 1. The molecule has 2 saturated heterocycles. The number of anilines is 1. The van der Waals surface area contributed by atoms with E-state index in [-0.39, 0.29) is 5.56 Å². The van der Waals surface area contributed by atoms with Gasteiger partial charge in [-0.3, -0.25) is 19.2 Å². The lowest BCUT2D eigenvalue weighted by Gasteiger charge is -2.27. The molecule has 0 radical (unpaired) electrons. The molecule has 5 rings (SSSR count). The van der Waals surface area contributed by atoms with Crippen molar-refractivity contribution in [3.8, 4) is 11.3 Å². The summed E-state index contributed by atoms with van der Waals surface area (Å²) in [5.74, 6) is 1.40. The summed E-state index contributed by atoms with van der Waals surface area (Å²) in [6.07, 6.45) is 4.61. The van der Waals surface area contributed by atoms with Gasteiger partial charge in [0, 0.05) is 63.3 Å². The monoisotopic (exact) mass is 387 g/mol. The van der Waals surface area contributed by atoms with Gasteiger partial charge in [0.2, 0.25) is 5.95 Å². The van der Waals surface area contributed by atoms with Crippen LogP contribution in [0.2, 0.25) is 0 Å². The SMILES string of the molecule is Cn1c(N2CC[C@@H]3CN(Cc4ccccc4)C[C@@H]32)nc(-c2ccncc2)cc1=O. The Hall–Kier alpha value is -2.99. The third-order valence-electron chi connectivity index (χ3n) is 6.22. The molecule has 2 aliphatic heterocycles. The molecule has 148 valence electrons. The van der Waals surface area contributed by atoms with Crippen LogP contribution in [0.25, 0.3) is 11.3 Å². The molecular formula is C23H25N5O. The highest BCUT2D eigenvalue weighted by atomic mass is 16.1. The van der Waals surface area contributed by atoms with Crippen molar-refractivity contribution in [1.29, 1.82) is 0 Å². The van der Waals surface area contributed by atoms with E-state index in [4.69, 9.17) is 4.98 Å². The molecule has 0 aliphatic carbocycles. The van der Waals surface area contributed by atoms with Gasteiger partial charge < -0.3 is 4.90 Å². The molecule has 0 N–H and O–H groups in total. The Morgan fingerprint density at radius 2 is 1.86 bits per heavy atom. The first-order valence-electron chi connectivity index (χ1n) is 10.2. The Morgan fingerprint density at radius 3 is 2.66 bits per heavy atom. The maximum absolute atomic E-state index is 12.7. The van der Waals surface area contributed by atoms with E-state index in [0.717, 1.165) is 44.1 Å². The van der Waals surface area contributed by atoms with Crippen LogP contribution in [0.15, 0.2) is 65.7 Å². The number of nitrogens with zero attached hydrogens (tertiary/aromatic N) is 5. The van der Waals surface area contributed by atoms with Crippen LogP contribution >= 0.6 is 0 Å². The minimum Gasteiger partial charge on any atom is -0.338 e. The highest BCUT2D eigenvalue weighted by molar-refractivity contribution is 5.59. The Labute approximate surface area is 170 Å². The van der Waals surface area contributed by atoms with Crippen molar-refractivity contribution in [3.63, 3.8) is 0 Å². The maximum Gasteiger partial charge on any atom is 0.255 e. The molecule has 6 heteroatoms. The zero-order chi connectivity index (χ0) is 19.8. The summed E-state index contributed by atoms with van der Waals surface area (Å²) in [5.41, 5.74) is 2.97. The summed E-state index contributed by atoms with van der Waals surface area (Å²) < 4.78 is 1.69. The van der Waals surface area contributed by atoms with Crippen LogP contribution in [0.5, 0.6) is 0 Å². The van der Waals surface area contributed by atoms with Crippen LogP contribution < -0.4 is 10.5 Å². The Balaban J connectivity index is 1.41. The second-order valence-corrected chi connectivity index (χ2v) is 8.06. The second kappa shape index (κ2) is 7.44. The van der Waals surface area contributed by atoms with E-state index >= 15 is 0 Å². The Bertz CT molecular complexity index is 1050. The molecule has 0 unspecified atom stereocenters. The standard InChI is InChI=1S/C23H25N5O/c1-26-22(29)13-20(18-7-10-24-11-8-18)25-23(26)28-12-9-19-15-27(16-21(19)28)14-17-5-3-2-4-6-17/h2-8,10-11,13,19,21H,9,12,14-16H2,1H3/t19-,21+/m1/s1. The van der Waals surface area contributed by atoms with Crippen LogP contribution in [-0.4, -0.2) is 45.1 Å². The highest BCUT2D eigenvalue weighted by Gasteiger charge is 2.42. The number of rotatable bonds is 4. The van der Waals surface area contributed by atoms with Crippen molar-refractivity contribution in [2.24, 2.45) is 13.0 Å². The summed E-state index contributed by atoms with van der Waals surface area (Å²) in [6.45, 7) is 4.04. The lowest BCUT2D eigenvalue weighted by Crippen LogP contribution is -2.39. The van der Waals surface area contributed by atoms with Gasteiger partial charge in [0.15, 0.2) is 0 Å². The average Bonchev–Trinajstić information content (AvgIpc) is 3.32. The van der Waals surface area contributed by atoms with Gasteiger partial charge in [0.1, 0.15) is 0 Å². The predicted octanol–water partition coefficient (Wildman–Crippen LogP) is 2.55. The average molecular weight is 387 g/mol. The van der Waals surface area contributed by atoms with E-state index in [1.807, 2.05) is 19.2 Å². The quantitative estimate of drug-likeness (QED) is 0.689. The number of benzene rings is 1. The van der Waals surface area contributed by atoms with Gasteiger partial charge in [-0.05, 0) is 30.0 Å². The Kier molecular flexibility index (Phi) is 4.64. The van der Waals surface area contributed by atoms with Gasteiger partial charge in [0.05, 0.1) is 5.69 Å². The molecule has 0 bridgehead atoms. The third kappa shape index (κ3) is 3.44. The third-order valence-corrected chi connectivity index (χ3v) is 6.22. The van der Waals surface area contributed by atoms with E-state index in [2.05, 4.69) is 45.1 Å². The van der Waals surface area contributed by atoms with Crippen LogP contribution in [0.4, 0.5) is 5.95 Å². The summed E-state index contributed by atoms with van der Waals surface area (Å²) in [7, 11) is 1.82. The first-order valence-corrected chi connectivity index (χ1v) is 10.2. The first-order chi connectivity index (χ1) is 14.2. The summed E-state index contributed by atoms with van der Waals surface area (Å²) in [6, 6.07) is 16.5. The van der Waals surface area contributed by atoms with Gasteiger partial charge in [-0.15, -0.1) is 0 Å². The lowest BCUT2D eigenvalue weighted by atomic mass is 10.1. The fraction of sp³-hybridized carbons (Fsp3) is 0.348. The van der Waals surface area contributed by atoms with Crippen molar-refractivity contribution in [2.45, 2.75) is 19.0 Å². The van der Waals surface area contributed by atoms with Crippen LogP contribution in [-0.2, 0) is 13.6 Å². The Morgan fingerprint density at radius 1 is 1.07 bits per heavy atom. The van der Waals surface area contributed by atoms with Crippen molar-refractivity contribution in [2.75, 3.05) is 24.5 Å². The number of aromatic nitrogens is 3. The molecule has 0 amide bonds. The molecule has 4 heterocycles. The number of pyridine rings is 1. The minimum absolute atomic E-state index is 0.0237. The van der Waals surface area contributed by atoms with E-state index in [9.17, 15) is 4.79 Å². The van der Waals surface area contributed by atoms with E-state index < -0.39 is 0 Å². The first kappa shape index (κ1) is 18.1. The predicted molar refractivity (Wildman–Crippen MR) is 114 cm³/mol. The molecule has 2 aliphatic rings. The molecule has 2 atom stereocenters. The molecule has 2 aromatic heterocycles. The molecule has 0 spiro atoms. The van der Waals surface area contributed by atoms with Crippen LogP contribution in [0.1, 0.15) is 12.0 Å². The maximum atomic E-state index is 12.7. The van der Waals surface area contributed by atoms with Gasteiger partial charge in [0.25, 0.3) is 5.56 Å². The molecule has 3 aromatic rings. The molecule has 29 heavy (non-hydrogen) atoms. The van der Waals surface area contributed by atoms with E-state index in [1.54, 1.807) is 23.0 Å². The summed E-state index contributed by atoms with van der Waals surface area (Å²) >= 11 is 0.